The number of rotatable bonds is 1. The van der Waals surface area contributed by atoms with Gasteiger partial charge in [0.2, 0.25) is 0 Å². The summed E-state index contributed by atoms with van der Waals surface area (Å²) in [5.41, 5.74) is -0.218. The molecule has 1 aromatic rings. The van der Waals surface area contributed by atoms with Crippen LogP contribution in [-0.2, 0) is 4.74 Å². The van der Waals surface area contributed by atoms with Gasteiger partial charge in [-0.2, -0.15) is 0 Å². The van der Waals surface area contributed by atoms with E-state index in [-0.39, 0.29) is 5.75 Å². The molecule has 1 aromatic carbocycles. The van der Waals surface area contributed by atoms with Gasteiger partial charge in [-0.05, 0) is 39.0 Å². The fourth-order valence-corrected chi connectivity index (χ4v) is 2.31. The molecule has 0 bridgehead atoms. The van der Waals surface area contributed by atoms with E-state index in [0.717, 1.165) is 0 Å². The number of aromatic hydroxyl groups is 1. The predicted octanol–water partition coefficient (Wildman–Crippen LogP) is 2.41. The molecular weight excluding hydrogens is 275 g/mol. The Balaban J connectivity index is 2.27. The molecule has 1 aliphatic rings. The minimum atomic E-state index is -0.601. The molecule has 1 heterocycles. The Hall–Kier alpha value is -1.82. The van der Waals surface area contributed by atoms with E-state index in [4.69, 9.17) is 4.74 Å². The average molecular weight is 296 g/mol. The monoisotopic (exact) mass is 296 g/mol. The first-order chi connectivity index (χ1) is 9.78. The lowest BCUT2D eigenvalue weighted by atomic mass is 10.0. The maximum Gasteiger partial charge on any atom is 0.410 e. The molecule has 2 rings (SSSR count). The molecule has 1 unspecified atom stereocenters. The third-order valence-electron chi connectivity index (χ3n) is 3.22. The van der Waals surface area contributed by atoms with E-state index in [1.807, 2.05) is 0 Å². The summed E-state index contributed by atoms with van der Waals surface area (Å²) in [4.78, 5) is 13.8. The number of phenols is 1. The van der Waals surface area contributed by atoms with Gasteiger partial charge < -0.3 is 15.2 Å². The van der Waals surface area contributed by atoms with E-state index < -0.39 is 23.6 Å². The topological polar surface area (TPSA) is 61.8 Å². The first-order valence-corrected chi connectivity index (χ1v) is 6.97. The highest BCUT2D eigenvalue weighted by atomic mass is 19.1. The molecular formula is C15H21FN2O3. The molecule has 0 radical (unpaired) electrons. The minimum Gasteiger partial charge on any atom is -0.508 e. The number of piperazine rings is 1. The Bertz CT molecular complexity index is 528. The highest BCUT2D eigenvalue weighted by Gasteiger charge is 2.32. The number of phenolic OH excluding ortho intramolecular Hbond substituents is 1. The molecule has 1 aliphatic heterocycles. The Labute approximate surface area is 123 Å². The smallest absolute Gasteiger partial charge is 0.410 e. The van der Waals surface area contributed by atoms with Crippen LogP contribution in [0, 0.1) is 5.82 Å². The number of hydrogen-bond donors (Lipinski definition) is 2. The first-order valence-electron chi connectivity index (χ1n) is 6.97. The van der Waals surface area contributed by atoms with Crippen molar-refractivity contribution in [2.24, 2.45) is 0 Å². The Kier molecular flexibility index (Phi) is 4.37. The standard InChI is InChI=1S/C15H21FN2O3/c1-15(2,3)21-14(20)18-7-6-17-9-12(18)11-8-10(16)4-5-13(11)19/h4-5,8,12,17,19H,6-7,9H2,1-3H3. The quantitative estimate of drug-likeness (QED) is 0.835. The maximum atomic E-state index is 13.4. The zero-order valence-corrected chi connectivity index (χ0v) is 12.5. The van der Waals surface area contributed by atoms with Gasteiger partial charge in [0.15, 0.2) is 0 Å². The number of ether oxygens (including phenoxy) is 1. The summed E-state index contributed by atoms with van der Waals surface area (Å²) in [7, 11) is 0. The van der Waals surface area contributed by atoms with Gasteiger partial charge in [0.25, 0.3) is 0 Å². The van der Waals surface area contributed by atoms with Crippen LogP contribution in [0.15, 0.2) is 18.2 Å². The van der Waals surface area contributed by atoms with Crippen molar-refractivity contribution in [2.45, 2.75) is 32.4 Å². The Morgan fingerprint density at radius 1 is 1.48 bits per heavy atom. The van der Waals surface area contributed by atoms with Crippen LogP contribution in [0.1, 0.15) is 32.4 Å². The van der Waals surface area contributed by atoms with E-state index >= 15 is 0 Å². The molecule has 1 saturated heterocycles. The molecule has 116 valence electrons. The summed E-state index contributed by atoms with van der Waals surface area (Å²) in [6.45, 7) is 6.89. The number of nitrogens with one attached hydrogen (secondary N) is 1. The second-order valence-electron chi connectivity index (χ2n) is 6.10. The van der Waals surface area contributed by atoms with Crippen molar-refractivity contribution < 1.29 is 19.0 Å². The summed E-state index contributed by atoms with van der Waals surface area (Å²) in [6, 6.07) is 3.29. The fraction of sp³-hybridized carbons (Fsp3) is 0.533. The molecule has 1 fully saturated rings. The van der Waals surface area contributed by atoms with E-state index in [1.165, 1.54) is 23.1 Å². The fourth-order valence-electron chi connectivity index (χ4n) is 2.31. The molecule has 1 atom stereocenters. The van der Waals surface area contributed by atoms with Crippen molar-refractivity contribution in [1.82, 2.24) is 10.2 Å². The van der Waals surface area contributed by atoms with Crippen molar-refractivity contribution in [1.29, 1.82) is 0 Å². The SMILES string of the molecule is CC(C)(C)OC(=O)N1CCNCC1c1cc(F)ccc1O. The largest absolute Gasteiger partial charge is 0.508 e. The Morgan fingerprint density at radius 2 is 2.19 bits per heavy atom. The molecule has 6 heteroatoms. The van der Waals surface area contributed by atoms with Crippen LogP contribution >= 0.6 is 0 Å². The summed E-state index contributed by atoms with van der Waals surface area (Å²) in [6.07, 6.45) is -0.460. The van der Waals surface area contributed by atoms with Gasteiger partial charge in [0.05, 0.1) is 6.04 Å². The summed E-state index contributed by atoms with van der Waals surface area (Å²) >= 11 is 0. The van der Waals surface area contributed by atoms with E-state index in [1.54, 1.807) is 20.8 Å². The molecule has 1 amide bonds. The zero-order chi connectivity index (χ0) is 15.6. The van der Waals surface area contributed by atoms with Crippen LogP contribution in [0.3, 0.4) is 0 Å². The van der Waals surface area contributed by atoms with Crippen LogP contribution in [-0.4, -0.2) is 41.3 Å². The lowest BCUT2D eigenvalue weighted by Gasteiger charge is -2.37. The second-order valence-corrected chi connectivity index (χ2v) is 6.10. The van der Waals surface area contributed by atoms with Gasteiger partial charge in [0, 0.05) is 25.2 Å². The molecule has 5 nitrogen and oxygen atoms in total. The van der Waals surface area contributed by atoms with Gasteiger partial charge in [-0.15, -0.1) is 0 Å². The van der Waals surface area contributed by atoms with E-state index in [9.17, 15) is 14.3 Å². The summed E-state index contributed by atoms with van der Waals surface area (Å²) in [5.74, 6) is -0.476. The van der Waals surface area contributed by atoms with Crippen LogP contribution < -0.4 is 5.32 Å². The number of hydrogen-bond acceptors (Lipinski definition) is 4. The zero-order valence-electron chi connectivity index (χ0n) is 12.5. The summed E-state index contributed by atoms with van der Waals surface area (Å²) in [5, 5.41) is 13.1. The molecule has 0 saturated carbocycles. The summed E-state index contributed by atoms with van der Waals surface area (Å²) < 4.78 is 18.8. The molecule has 21 heavy (non-hydrogen) atoms. The molecule has 0 aromatic heterocycles. The average Bonchev–Trinajstić information content (AvgIpc) is 2.39. The van der Waals surface area contributed by atoms with Gasteiger partial charge in [-0.1, -0.05) is 0 Å². The molecule has 0 aliphatic carbocycles. The lowest BCUT2D eigenvalue weighted by molar-refractivity contribution is 0.0115. The minimum absolute atomic E-state index is 0.0290. The molecule has 2 N–H and O–H groups in total. The first kappa shape index (κ1) is 15.6. The number of halogens is 1. The van der Waals surface area contributed by atoms with Gasteiger partial charge in [0.1, 0.15) is 17.2 Å². The number of benzene rings is 1. The van der Waals surface area contributed by atoms with Gasteiger partial charge in [-0.25, -0.2) is 9.18 Å². The molecule has 0 spiro atoms. The van der Waals surface area contributed by atoms with Gasteiger partial charge >= 0.3 is 6.09 Å². The van der Waals surface area contributed by atoms with Crippen LogP contribution in [0.5, 0.6) is 5.75 Å². The second kappa shape index (κ2) is 5.89. The van der Waals surface area contributed by atoms with Crippen LogP contribution in [0.2, 0.25) is 0 Å². The number of carbonyl (C=O) groups is 1. The third-order valence-corrected chi connectivity index (χ3v) is 3.22. The number of nitrogens with zero attached hydrogens (tertiary/aromatic N) is 1. The number of amides is 1. The van der Waals surface area contributed by atoms with Crippen molar-refractivity contribution in [2.75, 3.05) is 19.6 Å². The predicted molar refractivity (Wildman–Crippen MR) is 76.6 cm³/mol. The normalized spacial score (nSPS) is 19.4. The van der Waals surface area contributed by atoms with E-state index in [0.29, 0.717) is 25.2 Å². The van der Waals surface area contributed by atoms with Crippen molar-refractivity contribution in [3.8, 4) is 5.75 Å². The van der Waals surface area contributed by atoms with Crippen molar-refractivity contribution in [3.05, 3.63) is 29.6 Å². The van der Waals surface area contributed by atoms with Crippen molar-refractivity contribution in [3.63, 3.8) is 0 Å². The highest BCUT2D eigenvalue weighted by Crippen LogP contribution is 2.31. The van der Waals surface area contributed by atoms with Crippen LogP contribution in [0.4, 0.5) is 9.18 Å². The maximum absolute atomic E-state index is 13.4. The highest BCUT2D eigenvalue weighted by molar-refractivity contribution is 5.69. The van der Waals surface area contributed by atoms with Gasteiger partial charge in [-0.3, -0.25) is 4.90 Å². The third kappa shape index (κ3) is 3.85. The van der Waals surface area contributed by atoms with E-state index in [2.05, 4.69) is 5.32 Å². The Morgan fingerprint density at radius 3 is 2.86 bits per heavy atom. The lowest BCUT2D eigenvalue weighted by Crippen LogP contribution is -2.50. The van der Waals surface area contributed by atoms with Crippen LogP contribution in [0.25, 0.3) is 0 Å². The van der Waals surface area contributed by atoms with Crippen molar-refractivity contribution >= 4 is 6.09 Å². The number of carbonyl (C=O) groups excluding carboxylic acids is 1.